The normalized spacial score (nSPS) is 20.5. The van der Waals surface area contributed by atoms with Gasteiger partial charge in [-0.25, -0.2) is 8.42 Å². The first-order valence-electron chi connectivity index (χ1n) is 6.59. The largest absolute Gasteiger partial charge is 0.342 e. The number of nitrogens with zero attached hydrogens (tertiary/aromatic N) is 1. The maximum Gasteiger partial charge on any atom is 0.240 e. The molecule has 2 N–H and O–H groups in total. The van der Waals surface area contributed by atoms with Gasteiger partial charge in [0, 0.05) is 13.1 Å². The molecular weight excluding hydrogens is 252 g/mol. The van der Waals surface area contributed by atoms with Crippen molar-refractivity contribution < 1.29 is 13.2 Å². The van der Waals surface area contributed by atoms with Crippen molar-refractivity contribution in [1.82, 2.24) is 4.90 Å². The average molecular weight is 276 g/mol. The summed E-state index contributed by atoms with van der Waals surface area (Å²) in [6.07, 6.45) is 3.06. The van der Waals surface area contributed by atoms with Crippen LogP contribution in [0.25, 0.3) is 0 Å². The van der Waals surface area contributed by atoms with Crippen LogP contribution in [0.1, 0.15) is 33.1 Å². The van der Waals surface area contributed by atoms with Gasteiger partial charge in [0.1, 0.15) is 5.25 Å². The fraction of sp³-hybridized carbons (Fsp3) is 0.917. The number of piperidine rings is 1. The summed E-state index contributed by atoms with van der Waals surface area (Å²) in [5, 5.41) is -0.940. The number of hydrogen-bond donors (Lipinski definition) is 1. The van der Waals surface area contributed by atoms with E-state index >= 15 is 0 Å². The van der Waals surface area contributed by atoms with Crippen LogP contribution in [-0.4, -0.2) is 49.9 Å². The summed E-state index contributed by atoms with van der Waals surface area (Å²) in [6, 6.07) is 0. The Morgan fingerprint density at radius 2 is 1.78 bits per heavy atom. The molecule has 6 heteroatoms. The predicted molar refractivity (Wildman–Crippen MR) is 71.9 cm³/mol. The molecule has 1 aliphatic heterocycles. The van der Waals surface area contributed by atoms with E-state index < -0.39 is 15.1 Å². The summed E-state index contributed by atoms with van der Waals surface area (Å²) < 4.78 is 24.2. The van der Waals surface area contributed by atoms with Gasteiger partial charge in [0.25, 0.3) is 0 Å². The third-order valence-electron chi connectivity index (χ3n) is 3.47. The van der Waals surface area contributed by atoms with Crippen LogP contribution in [0.2, 0.25) is 0 Å². The lowest BCUT2D eigenvalue weighted by Crippen LogP contribution is -2.45. The number of carbonyl (C=O) groups is 1. The molecule has 1 fully saturated rings. The highest BCUT2D eigenvalue weighted by atomic mass is 32.2. The second-order valence-corrected chi connectivity index (χ2v) is 7.56. The number of sulfone groups is 1. The first kappa shape index (κ1) is 15.4. The van der Waals surface area contributed by atoms with E-state index in [-0.39, 0.29) is 17.6 Å². The van der Waals surface area contributed by atoms with E-state index in [9.17, 15) is 13.2 Å². The molecule has 1 aliphatic rings. The lowest BCUT2D eigenvalue weighted by molar-refractivity contribution is -0.131. The van der Waals surface area contributed by atoms with Crippen molar-refractivity contribution in [2.45, 2.75) is 38.4 Å². The molecule has 0 bridgehead atoms. The Morgan fingerprint density at radius 1 is 1.22 bits per heavy atom. The maximum absolute atomic E-state index is 12.1. The Balaban J connectivity index is 2.66. The fourth-order valence-corrected chi connectivity index (χ4v) is 3.81. The SMILES string of the molecule is CC(CN)CS(=O)(=O)C(C)C(=O)N1CCCCC1. The topological polar surface area (TPSA) is 80.5 Å². The number of rotatable bonds is 5. The van der Waals surface area contributed by atoms with E-state index in [0.29, 0.717) is 19.6 Å². The molecule has 106 valence electrons. The predicted octanol–water partition coefficient (Wildman–Crippen LogP) is 0.397. The monoisotopic (exact) mass is 276 g/mol. The summed E-state index contributed by atoms with van der Waals surface area (Å²) in [5.74, 6) is -0.366. The van der Waals surface area contributed by atoms with E-state index in [4.69, 9.17) is 5.73 Å². The minimum absolute atomic E-state index is 0.00968. The standard InChI is InChI=1S/C12H24N2O3S/c1-10(8-13)9-18(16,17)11(2)12(15)14-6-4-3-5-7-14/h10-11H,3-9,13H2,1-2H3. The van der Waals surface area contributed by atoms with Crippen molar-refractivity contribution in [3.63, 3.8) is 0 Å². The van der Waals surface area contributed by atoms with E-state index in [1.165, 1.54) is 6.92 Å². The Kier molecular flexibility index (Phi) is 5.59. The van der Waals surface area contributed by atoms with E-state index in [1.54, 1.807) is 11.8 Å². The molecule has 0 saturated carbocycles. The number of likely N-dealkylation sites (tertiary alicyclic amines) is 1. The zero-order chi connectivity index (χ0) is 13.8. The van der Waals surface area contributed by atoms with Crippen molar-refractivity contribution in [1.29, 1.82) is 0 Å². The van der Waals surface area contributed by atoms with Crippen molar-refractivity contribution in [2.24, 2.45) is 11.7 Å². The van der Waals surface area contributed by atoms with E-state index in [2.05, 4.69) is 0 Å². The van der Waals surface area contributed by atoms with Crippen molar-refractivity contribution in [3.8, 4) is 0 Å². The van der Waals surface area contributed by atoms with Gasteiger partial charge in [-0.2, -0.15) is 0 Å². The molecular formula is C12H24N2O3S. The molecule has 18 heavy (non-hydrogen) atoms. The first-order chi connectivity index (χ1) is 8.38. The van der Waals surface area contributed by atoms with E-state index in [0.717, 1.165) is 19.3 Å². The zero-order valence-electron chi connectivity index (χ0n) is 11.3. The summed E-state index contributed by atoms with van der Waals surface area (Å²) in [6.45, 7) is 4.98. The fourth-order valence-electron chi connectivity index (χ4n) is 2.13. The quantitative estimate of drug-likeness (QED) is 0.788. The highest BCUT2D eigenvalue weighted by Crippen LogP contribution is 2.15. The molecule has 2 unspecified atom stereocenters. The van der Waals surface area contributed by atoms with Gasteiger partial charge in [-0.05, 0) is 38.6 Å². The number of amides is 1. The number of nitrogens with two attached hydrogens (primary N) is 1. The Labute approximate surface area is 110 Å². The molecule has 0 aromatic rings. The molecule has 1 heterocycles. The van der Waals surface area contributed by atoms with Crippen molar-refractivity contribution >= 4 is 15.7 Å². The van der Waals surface area contributed by atoms with Crippen LogP contribution >= 0.6 is 0 Å². The average Bonchev–Trinajstić information content (AvgIpc) is 2.37. The third-order valence-corrected chi connectivity index (χ3v) is 5.79. The maximum atomic E-state index is 12.1. The minimum atomic E-state index is -3.39. The van der Waals surface area contributed by atoms with Crippen LogP contribution in [0.15, 0.2) is 0 Å². The van der Waals surface area contributed by atoms with Gasteiger partial charge in [0.15, 0.2) is 9.84 Å². The van der Waals surface area contributed by atoms with Crippen molar-refractivity contribution in [3.05, 3.63) is 0 Å². The van der Waals surface area contributed by atoms with Crippen molar-refractivity contribution in [2.75, 3.05) is 25.4 Å². The summed E-state index contributed by atoms with van der Waals surface area (Å²) in [4.78, 5) is 13.8. The van der Waals surface area contributed by atoms with Crippen LogP contribution in [0.3, 0.4) is 0 Å². The molecule has 0 aromatic heterocycles. The van der Waals surface area contributed by atoms with Gasteiger partial charge >= 0.3 is 0 Å². The number of hydrogen-bond acceptors (Lipinski definition) is 4. The first-order valence-corrected chi connectivity index (χ1v) is 8.30. The van der Waals surface area contributed by atoms with Crippen LogP contribution in [0, 0.1) is 5.92 Å². The van der Waals surface area contributed by atoms with E-state index in [1.807, 2.05) is 0 Å². The van der Waals surface area contributed by atoms with Crippen LogP contribution in [0.4, 0.5) is 0 Å². The Morgan fingerprint density at radius 3 is 2.28 bits per heavy atom. The Hall–Kier alpha value is -0.620. The lowest BCUT2D eigenvalue weighted by atomic mass is 10.1. The molecule has 1 saturated heterocycles. The Bertz CT molecular complexity index is 375. The van der Waals surface area contributed by atoms with Gasteiger partial charge in [0.05, 0.1) is 5.75 Å². The van der Waals surface area contributed by atoms with Crippen LogP contribution in [-0.2, 0) is 14.6 Å². The molecule has 0 aromatic carbocycles. The molecule has 5 nitrogen and oxygen atoms in total. The van der Waals surface area contributed by atoms with Gasteiger partial charge < -0.3 is 10.6 Å². The smallest absolute Gasteiger partial charge is 0.240 e. The second kappa shape index (κ2) is 6.52. The second-order valence-electron chi connectivity index (χ2n) is 5.20. The molecule has 2 atom stereocenters. The molecule has 1 amide bonds. The van der Waals surface area contributed by atoms with Crippen LogP contribution in [0.5, 0.6) is 0 Å². The van der Waals surface area contributed by atoms with Gasteiger partial charge in [-0.3, -0.25) is 4.79 Å². The zero-order valence-corrected chi connectivity index (χ0v) is 12.1. The summed E-state index contributed by atoms with van der Waals surface area (Å²) in [5.41, 5.74) is 5.44. The molecule has 0 aliphatic carbocycles. The highest BCUT2D eigenvalue weighted by Gasteiger charge is 2.32. The minimum Gasteiger partial charge on any atom is -0.342 e. The van der Waals surface area contributed by atoms with Crippen LogP contribution < -0.4 is 5.73 Å². The molecule has 0 radical (unpaired) electrons. The van der Waals surface area contributed by atoms with Gasteiger partial charge in [-0.15, -0.1) is 0 Å². The lowest BCUT2D eigenvalue weighted by Gasteiger charge is -2.29. The number of carbonyl (C=O) groups excluding carboxylic acids is 1. The van der Waals surface area contributed by atoms with Gasteiger partial charge in [-0.1, -0.05) is 6.92 Å². The third kappa shape index (κ3) is 3.95. The van der Waals surface area contributed by atoms with Gasteiger partial charge in [0.2, 0.25) is 5.91 Å². The molecule has 0 spiro atoms. The summed E-state index contributed by atoms with van der Waals surface area (Å²) in [7, 11) is -3.39. The summed E-state index contributed by atoms with van der Waals surface area (Å²) >= 11 is 0. The highest BCUT2D eigenvalue weighted by molar-refractivity contribution is 7.92. The molecule has 1 rings (SSSR count).